The molecule has 176 valence electrons. The van der Waals surface area contributed by atoms with Crippen LogP contribution >= 0.6 is 0 Å². The van der Waals surface area contributed by atoms with Crippen molar-refractivity contribution in [2.24, 2.45) is 11.8 Å². The number of amides is 1. The number of nitrogens with zero attached hydrogens (tertiary/aromatic N) is 3. The Hall–Kier alpha value is -2.86. The van der Waals surface area contributed by atoms with Gasteiger partial charge in [-0.3, -0.25) is 14.5 Å². The number of likely N-dealkylation sites (tertiary alicyclic amines) is 1. The van der Waals surface area contributed by atoms with Crippen LogP contribution in [0.4, 0.5) is 5.69 Å². The summed E-state index contributed by atoms with van der Waals surface area (Å²) in [5, 5.41) is 9.41. The third-order valence-corrected chi connectivity index (χ3v) is 7.19. The predicted octanol–water partition coefficient (Wildman–Crippen LogP) is 3.38. The maximum atomic E-state index is 12.9. The SMILES string of the molecule is O=C(O)CC1CCN(C(=O)Cc2ccccc2)CC1CCN1CCN(c2ccccc2)CC1. The van der Waals surface area contributed by atoms with Gasteiger partial charge in [0.1, 0.15) is 0 Å². The zero-order chi connectivity index (χ0) is 23.0. The number of piperidine rings is 1. The van der Waals surface area contributed by atoms with Crippen molar-refractivity contribution in [3.8, 4) is 0 Å². The topological polar surface area (TPSA) is 64.1 Å². The average Bonchev–Trinajstić information content (AvgIpc) is 2.84. The highest BCUT2D eigenvalue weighted by Crippen LogP contribution is 2.30. The molecule has 1 N–H and O–H groups in total. The van der Waals surface area contributed by atoms with Gasteiger partial charge >= 0.3 is 5.97 Å². The number of aliphatic carboxylic acids is 1. The highest BCUT2D eigenvalue weighted by molar-refractivity contribution is 5.79. The Morgan fingerprint density at radius 2 is 1.52 bits per heavy atom. The smallest absolute Gasteiger partial charge is 0.303 e. The molecule has 33 heavy (non-hydrogen) atoms. The number of carbonyl (C=O) groups is 2. The monoisotopic (exact) mass is 449 g/mol. The van der Waals surface area contributed by atoms with Gasteiger partial charge in [-0.25, -0.2) is 0 Å². The minimum absolute atomic E-state index is 0.147. The summed E-state index contributed by atoms with van der Waals surface area (Å²) in [6, 6.07) is 20.4. The van der Waals surface area contributed by atoms with Crippen LogP contribution in [0.2, 0.25) is 0 Å². The summed E-state index contributed by atoms with van der Waals surface area (Å²) in [7, 11) is 0. The Morgan fingerprint density at radius 3 is 2.18 bits per heavy atom. The van der Waals surface area contributed by atoms with Crippen LogP contribution in [0.1, 0.15) is 24.8 Å². The molecule has 6 nitrogen and oxygen atoms in total. The summed E-state index contributed by atoms with van der Waals surface area (Å²) in [6.45, 7) is 6.35. The molecule has 4 rings (SSSR count). The van der Waals surface area contributed by atoms with Crippen molar-refractivity contribution in [1.29, 1.82) is 0 Å². The van der Waals surface area contributed by atoms with Gasteiger partial charge in [0, 0.05) is 51.4 Å². The van der Waals surface area contributed by atoms with Gasteiger partial charge in [0.05, 0.1) is 6.42 Å². The van der Waals surface area contributed by atoms with E-state index in [0.29, 0.717) is 19.5 Å². The normalized spacial score (nSPS) is 21.7. The molecule has 2 aromatic carbocycles. The second-order valence-corrected chi connectivity index (χ2v) is 9.36. The molecular weight excluding hydrogens is 414 g/mol. The number of benzene rings is 2. The fourth-order valence-electron chi connectivity index (χ4n) is 5.23. The Kier molecular flexibility index (Phi) is 8.00. The van der Waals surface area contributed by atoms with Crippen LogP contribution in [0.5, 0.6) is 0 Å². The standard InChI is InChI=1S/C27H35N3O3/c31-26(19-22-7-3-1-4-8-22)30-14-12-23(20-27(32)33)24(21-30)11-13-28-15-17-29(18-16-28)25-9-5-2-6-10-25/h1-10,23-24H,11-21H2,(H,32,33). The highest BCUT2D eigenvalue weighted by Gasteiger charge is 2.33. The van der Waals surface area contributed by atoms with Crippen molar-refractivity contribution in [2.45, 2.75) is 25.7 Å². The van der Waals surface area contributed by atoms with E-state index in [1.807, 2.05) is 41.3 Å². The van der Waals surface area contributed by atoms with Crippen molar-refractivity contribution < 1.29 is 14.7 Å². The van der Waals surface area contributed by atoms with Gasteiger partial charge in [0.25, 0.3) is 0 Å². The van der Waals surface area contributed by atoms with E-state index in [2.05, 4.69) is 34.1 Å². The van der Waals surface area contributed by atoms with Gasteiger partial charge < -0.3 is 14.9 Å². The summed E-state index contributed by atoms with van der Waals surface area (Å²) in [6.07, 6.45) is 2.34. The second-order valence-electron chi connectivity index (χ2n) is 9.36. The number of carboxylic acid groups (broad SMARTS) is 1. The van der Waals surface area contributed by atoms with E-state index in [-0.39, 0.29) is 24.2 Å². The molecule has 1 amide bonds. The zero-order valence-corrected chi connectivity index (χ0v) is 19.3. The molecule has 0 saturated carbocycles. The van der Waals surface area contributed by atoms with Crippen molar-refractivity contribution in [3.05, 3.63) is 66.2 Å². The third kappa shape index (κ3) is 6.57. The minimum atomic E-state index is -0.731. The lowest BCUT2D eigenvalue weighted by Crippen LogP contribution is -2.49. The second kappa shape index (κ2) is 11.3. The maximum absolute atomic E-state index is 12.9. The molecular formula is C27H35N3O3. The van der Waals surface area contributed by atoms with E-state index >= 15 is 0 Å². The van der Waals surface area contributed by atoms with Gasteiger partial charge in [-0.05, 0) is 48.9 Å². The molecule has 0 bridgehead atoms. The molecule has 6 heteroatoms. The molecule has 2 aliphatic heterocycles. The van der Waals surface area contributed by atoms with Crippen molar-refractivity contribution in [2.75, 3.05) is 50.7 Å². The molecule has 2 saturated heterocycles. The Labute approximate surface area is 196 Å². The average molecular weight is 450 g/mol. The Morgan fingerprint density at radius 1 is 0.848 bits per heavy atom. The molecule has 2 aliphatic rings. The van der Waals surface area contributed by atoms with Gasteiger partial charge in [-0.2, -0.15) is 0 Å². The summed E-state index contributed by atoms with van der Waals surface area (Å²) in [4.78, 5) is 31.2. The van der Waals surface area contributed by atoms with Gasteiger partial charge in [0.2, 0.25) is 5.91 Å². The number of hydrogen-bond acceptors (Lipinski definition) is 4. The van der Waals surface area contributed by atoms with Crippen molar-refractivity contribution in [3.63, 3.8) is 0 Å². The Balaban J connectivity index is 1.30. The van der Waals surface area contributed by atoms with Crippen molar-refractivity contribution in [1.82, 2.24) is 9.80 Å². The van der Waals surface area contributed by atoms with E-state index in [0.717, 1.165) is 51.1 Å². The first-order valence-electron chi connectivity index (χ1n) is 12.1. The molecule has 2 atom stereocenters. The van der Waals surface area contributed by atoms with Gasteiger partial charge in [-0.15, -0.1) is 0 Å². The lowest BCUT2D eigenvalue weighted by molar-refractivity contribution is -0.139. The largest absolute Gasteiger partial charge is 0.481 e. The van der Waals surface area contributed by atoms with Crippen LogP contribution in [0.25, 0.3) is 0 Å². The number of anilines is 1. The number of rotatable bonds is 8. The van der Waals surface area contributed by atoms with E-state index in [1.54, 1.807) is 0 Å². The van der Waals surface area contributed by atoms with Crippen LogP contribution in [-0.2, 0) is 16.0 Å². The number of hydrogen-bond donors (Lipinski definition) is 1. The number of carboxylic acids is 1. The van der Waals surface area contributed by atoms with Crippen LogP contribution in [0.15, 0.2) is 60.7 Å². The predicted molar refractivity (Wildman–Crippen MR) is 130 cm³/mol. The third-order valence-electron chi connectivity index (χ3n) is 7.19. The van der Waals surface area contributed by atoms with Crippen molar-refractivity contribution >= 4 is 17.6 Å². The quantitative estimate of drug-likeness (QED) is 0.669. The molecule has 2 heterocycles. The number of para-hydroxylation sites is 1. The summed E-state index contributed by atoms with van der Waals surface area (Å²) in [5.41, 5.74) is 2.31. The summed E-state index contributed by atoms with van der Waals surface area (Å²) < 4.78 is 0. The lowest BCUT2D eigenvalue weighted by Gasteiger charge is -2.40. The molecule has 2 fully saturated rings. The van der Waals surface area contributed by atoms with E-state index in [1.165, 1.54) is 5.69 Å². The van der Waals surface area contributed by atoms with Crippen LogP contribution < -0.4 is 4.90 Å². The van der Waals surface area contributed by atoms with E-state index in [4.69, 9.17) is 0 Å². The van der Waals surface area contributed by atoms with Crippen LogP contribution in [0, 0.1) is 11.8 Å². The Bertz CT molecular complexity index is 897. The first-order valence-corrected chi connectivity index (χ1v) is 12.1. The molecule has 2 unspecified atom stereocenters. The van der Waals surface area contributed by atoms with Crippen LogP contribution in [0.3, 0.4) is 0 Å². The number of carbonyl (C=O) groups excluding carboxylic acids is 1. The van der Waals surface area contributed by atoms with Gasteiger partial charge in [0.15, 0.2) is 0 Å². The zero-order valence-electron chi connectivity index (χ0n) is 19.3. The maximum Gasteiger partial charge on any atom is 0.303 e. The highest BCUT2D eigenvalue weighted by atomic mass is 16.4. The number of piperazine rings is 1. The molecule has 2 aromatic rings. The fraction of sp³-hybridized carbons (Fsp3) is 0.481. The van der Waals surface area contributed by atoms with E-state index < -0.39 is 5.97 Å². The first-order chi connectivity index (χ1) is 16.1. The summed E-state index contributed by atoms with van der Waals surface area (Å²) in [5.74, 6) is -0.197. The molecule has 0 aliphatic carbocycles. The fourth-order valence-corrected chi connectivity index (χ4v) is 5.23. The summed E-state index contributed by atoms with van der Waals surface area (Å²) >= 11 is 0. The molecule has 0 aromatic heterocycles. The van der Waals surface area contributed by atoms with Crippen LogP contribution in [-0.4, -0.2) is 72.6 Å². The van der Waals surface area contributed by atoms with Gasteiger partial charge in [-0.1, -0.05) is 48.5 Å². The minimum Gasteiger partial charge on any atom is -0.481 e. The molecule has 0 spiro atoms. The van der Waals surface area contributed by atoms with E-state index in [9.17, 15) is 14.7 Å². The first kappa shape index (κ1) is 23.3. The lowest BCUT2D eigenvalue weighted by atomic mass is 9.81. The molecule has 0 radical (unpaired) electrons.